The van der Waals surface area contributed by atoms with Crippen molar-refractivity contribution in [1.29, 1.82) is 0 Å². The van der Waals surface area contributed by atoms with Crippen molar-refractivity contribution in [2.75, 3.05) is 0 Å². The third-order valence-electron chi connectivity index (χ3n) is 4.28. The van der Waals surface area contributed by atoms with Crippen LogP contribution in [0.15, 0.2) is 36.5 Å². The Labute approximate surface area is 129 Å². The highest BCUT2D eigenvalue weighted by molar-refractivity contribution is 5.77. The molecule has 1 aromatic carbocycles. The van der Waals surface area contributed by atoms with E-state index in [1.54, 1.807) is 6.92 Å². The largest absolute Gasteiger partial charge is 0.385 e. The van der Waals surface area contributed by atoms with Gasteiger partial charge in [-0.25, -0.2) is 0 Å². The Morgan fingerprint density at radius 3 is 3.00 bits per heavy atom. The van der Waals surface area contributed by atoms with E-state index in [1.165, 1.54) is 11.3 Å². The zero-order valence-corrected chi connectivity index (χ0v) is 12.7. The van der Waals surface area contributed by atoms with Gasteiger partial charge in [-0.2, -0.15) is 5.10 Å². The molecule has 1 aliphatic carbocycles. The fourth-order valence-electron chi connectivity index (χ4n) is 3.03. The summed E-state index contributed by atoms with van der Waals surface area (Å²) >= 11 is 0. The van der Waals surface area contributed by atoms with E-state index in [-0.39, 0.29) is 18.4 Å². The SMILES string of the molecule is CC(O)(CC(=O)NC1CCc2[nH]ncc2C1)c1ccccc1. The maximum Gasteiger partial charge on any atom is 0.223 e. The van der Waals surface area contributed by atoms with Gasteiger partial charge in [0.25, 0.3) is 0 Å². The van der Waals surface area contributed by atoms with Crippen molar-refractivity contribution in [3.63, 3.8) is 0 Å². The molecule has 1 heterocycles. The number of hydrogen-bond acceptors (Lipinski definition) is 3. The highest BCUT2D eigenvalue weighted by Gasteiger charge is 2.28. The summed E-state index contributed by atoms with van der Waals surface area (Å²) in [6, 6.07) is 9.41. The minimum absolute atomic E-state index is 0.0613. The fourth-order valence-corrected chi connectivity index (χ4v) is 3.03. The lowest BCUT2D eigenvalue weighted by molar-refractivity contribution is -0.126. The number of amides is 1. The van der Waals surface area contributed by atoms with E-state index < -0.39 is 5.60 Å². The van der Waals surface area contributed by atoms with E-state index in [0.29, 0.717) is 0 Å². The third kappa shape index (κ3) is 3.20. The number of nitrogens with zero attached hydrogens (tertiary/aromatic N) is 1. The van der Waals surface area contributed by atoms with Gasteiger partial charge < -0.3 is 10.4 Å². The van der Waals surface area contributed by atoms with Crippen LogP contribution in [0.4, 0.5) is 0 Å². The van der Waals surface area contributed by atoms with Crippen molar-refractivity contribution in [2.24, 2.45) is 0 Å². The van der Waals surface area contributed by atoms with E-state index in [1.807, 2.05) is 36.5 Å². The highest BCUT2D eigenvalue weighted by atomic mass is 16.3. The zero-order chi connectivity index (χ0) is 15.6. The summed E-state index contributed by atoms with van der Waals surface area (Å²) < 4.78 is 0. The van der Waals surface area contributed by atoms with Crippen molar-refractivity contribution in [2.45, 2.75) is 44.2 Å². The number of nitrogens with one attached hydrogen (secondary N) is 2. The van der Waals surface area contributed by atoms with Crippen LogP contribution in [0, 0.1) is 0 Å². The maximum atomic E-state index is 12.3. The molecule has 2 unspecified atom stereocenters. The molecule has 1 amide bonds. The minimum atomic E-state index is -1.15. The lowest BCUT2D eigenvalue weighted by Crippen LogP contribution is -2.41. The molecule has 5 nitrogen and oxygen atoms in total. The summed E-state index contributed by atoms with van der Waals surface area (Å²) in [7, 11) is 0. The number of H-pyrrole nitrogens is 1. The smallest absolute Gasteiger partial charge is 0.223 e. The van der Waals surface area contributed by atoms with Crippen LogP contribution >= 0.6 is 0 Å². The van der Waals surface area contributed by atoms with Crippen LogP contribution in [0.3, 0.4) is 0 Å². The second-order valence-corrected chi connectivity index (χ2v) is 6.20. The third-order valence-corrected chi connectivity index (χ3v) is 4.28. The molecule has 0 aliphatic heterocycles. The lowest BCUT2D eigenvalue weighted by Gasteiger charge is -2.27. The van der Waals surface area contributed by atoms with E-state index in [9.17, 15) is 9.90 Å². The summed E-state index contributed by atoms with van der Waals surface area (Å²) in [5, 5.41) is 20.6. The molecule has 2 aromatic rings. The molecule has 0 saturated carbocycles. The number of benzene rings is 1. The first kappa shape index (κ1) is 14.8. The number of hydrogen-bond donors (Lipinski definition) is 3. The number of rotatable bonds is 4. The summed E-state index contributed by atoms with van der Waals surface area (Å²) in [4.78, 5) is 12.3. The van der Waals surface area contributed by atoms with Crippen LogP contribution in [0.5, 0.6) is 0 Å². The summed E-state index contributed by atoms with van der Waals surface area (Å²) in [6.45, 7) is 1.68. The van der Waals surface area contributed by atoms with Crippen molar-refractivity contribution < 1.29 is 9.90 Å². The van der Waals surface area contributed by atoms with E-state index in [4.69, 9.17) is 0 Å². The summed E-state index contributed by atoms with van der Waals surface area (Å²) in [5.41, 5.74) is 1.94. The van der Waals surface area contributed by atoms with Gasteiger partial charge in [-0.3, -0.25) is 9.89 Å². The van der Waals surface area contributed by atoms with Crippen molar-refractivity contribution >= 4 is 5.91 Å². The van der Waals surface area contributed by atoms with Gasteiger partial charge in [0.15, 0.2) is 0 Å². The Morgan fingerprint density at radius 1 is 1.45 bits per heavy atom. The first-order valence-electron chi connectivity index (χ1n) is 7.63. The standard InChI is InChI=1S/C17H21N3O2/c1-17(22,13-5-3-2-4-6-13)10-16(21)19-14-7-8-15-12(9-14)11-18-20-15/h2-6,11,14,22H,7-10H2,1H3,(H,18,20)(H,19,21). The van der Waals surface area contributed by atoms with Gasteiger partial charge in [-0.05, 0) is 37.3 Å². The molecule has 1 aliphatic rings. The Hall–Kier alpha value is -2.14. The molecule has 1 aromatic heterocycles. The molecule has 2 atom stereocenters. The highest BCUT2D eigenvalue weighted by Crippen LogP contribution is 2.25. The number of carbonyl (C=O) groups is 1. The van der Waals surface area contributed by atoms with Gasteiger partial charge >= 0.3 is 0 Å². The normalized spacial score (nSPS) is 20.0. The van der Waals surface area contributed by atoms with Crippen molar-refractivity contribution in [1.82, 2.24) is 15.5 Å². The van der Waals surface area contributed by atoms with Crippen LogP contribution in [-0.4, -0.2) is 27.3 Å². The average Bonchev–Trinajstić information content (AvgIpc) is 2.95. The van der Waals surface area contributed by atoms with Crippen LogP contribution in [0.25, 0.3) is 0 Å². The van der Waals surface area contributed by atoms with Gasteiger partial charge in [-0.1, -0.05) is 30.3 Å². The first-order valence-corrected chi connectivity index (χ1v) is 7.63. The maximum absolute atomic E-state index is 12.3. The molecule has 0 radical (unpaired) electrons. The molecule has 0 fully saturated rings. The Balaban J connectivity index is 1.59. The van der Waals surface area contributed by atoms with Crippen molar-refractivity contribution in [3.8, 4) is 0 Å². The van der Waals surface area contributed by atoms with E-state index >= 15 is 0 Å². The van der Waals surface area contributed by atoms with Crippen LogP contribution in [-0.2, 0) is 23.2 Å². The van der Waals surface area contributed by atoms with Gasteiger partial charge in [0.05, 0.1) is 18.2 Å². The van der Waals surface area contributed by atoms with Gasteiger partial charge in [-0.15, -0.1) is 0 Å². The predicted octanol–water partition coefficient (Wildman–Crippen LogP) is 1.68. The quantitative estimate of drug-likeness (QED) is 0.804. The van der Waals surface area contributed by atoms with Gasteiger partial charge in [0, 0.05) is 11.7 Å². The molecule has 3 N–H and O–H groups in total. The van der Waals surface area contributed by atoms with E-state index in [2.05, 4.69) is 15.5 Å². The van der Waals surface area contributed by atoms with E-state index in [0.717, 1.165) is 24.8 Å². The average molecular weight is 299 g/mol. The molecule has 5 heteroatoms. The monoisotopic (exact) mass is 299 g/mol. The number of aromatic amines is 1. The number of aromatic nitrogens is 2. The first-order chi connectivity index (χ1) is 10.5. The molecule has 0 saturated heterocycles. The fraction of sp³-hybridized carbons (Fsp3) is 0.412. The second kappa shape index (κ2) is 5.93. The number of aryl methyl sites for hydroxylation is 1. The number of aliphatic hydroxyl groups is 1. The molecule has 3 rings (SSSR count). The lowest BCUT2D eigenvalue weighted by atomic mass is 9.90. The summed E-state index contributed by atoms with van der Waals surface area (Å²) in [5.74, 6) is -0.120. The Morgan fingerprint density at radius 2 is 2.23 bits per heavy atom. The Kier molecular flexibility index (Phi) is 3.98. The van der Waals surface area contributed by atoms with Crippen LogP contribution < -0.4 is 5.32 Å². The van der Waals surface area contributed by atoms with Crippen molar-refractivity contribution in [3.05, 3.63) is 53.3 Å². The number of fused-ring (bicyclic) bond motifs is 1. The predicted molar refractivity (Wildman–Crippen MR) is 83.2 cm³/mol. The second-order valence-electron chi connectivity index (χ2n) is 6.20. The summed E-state index contributed by atoms with van der Waals surface area (Å²) in [6.07, 6.45) is 4.48. The van der Waals surface area contributed by atoms with Crippen LogP contribution in [0.1, 0.15) is 36.6 Å². The minimum Gasteiger partial charge on any atom is -0.385 e. The van der Waals surface area contributed by atoms with Gasteiger partial charge in [0.1, 0.15) is 0 Å². The molecule has 22 heavy (non-hydrogen) atoms. The molecular weight excluding hydrogens is 278 g/mol. The zero-order valence-electron chi connectivity index (χ0n) is 12.7. The molecular formula is C17H21N3O2. The van der Waals surface area contributed by atoms with Crippen LogP contribution in [0.2, 0.25) is 0 Å². The Bertz CT molecular complexity index is 649. The molecule has 0 spiro atoms. The number of carbonyl (C=O) groups excluding carboxylic acids is 1. The van der Waals surface area contributed by atoms with Gasteiger partial charge in [0.2, 0.25) is 5.91 Å². The topological polar surface area (TPSA) is 78.0 Å². The molecule has 116 valence electrons. The molecule has 0 bridgehead atoms.